The maximum atomic E-state index is 3.66. The maximum absolute atomic E-state index is 3.66. The first-order valence-corrected chi connectivity index (χ1v) is 9.67. The molecule has 4 aromatic rings. The smallest absolute Gasteiger partial charge is 0.399 e. The molecule has 0 aromatic heterocycles. The number of rotatable bonds is 3. The van der Waals surface area contributed by atoms with Gasteiger partial charge in [0.2, 0.25) is 0 Å². The van der Waals surface area contributed by atoms with Crippen LogP contribution in [-0.2, 0) is 0 Å². The Labute approximate surface area is 166 Å². The van der Waals surface area contributed by atoms with Crippen LogP contribution in [0.15, 0.2) is 97.0 Å². The fourth-order valence-electron chi connectivity index (χ4n) is 3.91. The van der Waals surface area contributed by atoms with E-state index >= 15 is 0 Å². The summed E-state index contributed by atoms with van der Waals surface area (Å²) < 4.78 is 0. The van der Waals surface area contributed by atoms with Gasteiger partial charge in [0.1, 0.15) is 0 Å². The topological polar surface area (TPSA) is 24.1 Å². The zero-order valence-corrected chi connectivity index (χ0v) is 15.8. The molecule has 0 aliphatic carbocycles. The Bertz CT molecular complexity index is 1120. The van der Waals surface area contributed by atoms with Crippen LogP contribution in [0, 0.1) is 6.92 Å². The first-order chi connectivity index (χ1) is 13.8. The van der Waals surface area contributed by atoms with E-state index in [9.17, 15) is 0 Å². The van der Waals surface area contributed by atoms with Crippen LogP contribution in [0.2, 0.25) is 0 Å². The molecule has 2 nitrogen and oxygen atoms in total. The number of nitrogens with one attached hydrogen (secondary N) is 2. The predicted octanol–water partition coefficient (Wildman–Crippen LogP) is 6.14. The van der Waals surface area contributed by atoms with E-state index in [0.29, 0.717) is 0 Å². The van der Waals surface area contributed by atoms with Crippen molar-refractivity contribution >= 4 is 34.7 Å². The first-order valence-electron chi connectivity index (χ1n) is 9.67. The quantitative estimate of drug-likeness (QED) is 0.429. The molecule has 0 unspecified atom stereocenters. The molecular formula is C25H21BN2. The van der Waals surface area contributed by atoms with Crippen LogP contribution in [0.5, 0.6) is 0 Å². The van der Waals surface area contributed by atoms with Gasteiger partial charge in [-0.3, -0.25) is 0 Å². The molecule has 0 saturated carbocycles. The van der Waals surface area contributed by atoms with E-state index in [4.69, 9.17) is 0 Å². The molecule has 1 aliphatic heterocycles. The van der Waals surface area contributed by atoms with Crippen LogP contribution in [0.1, 0.15) is 16.7 Å². The number of aryl methyl sites for hydroxylation is 1. The summed E-state index contributed by atoms with van der Waals surface area (Å²) in [5, 5.41) is 9.82. The van der Waals surface area contributed by atoms with Gasteiger partial charge in [-0.1, -0.05) is 90.4 Å². The lowest BCUT2D eigenvalue weighted by Gasteiger charge is -2.25. The predicted molar refractivity (Wildman–Crippen MR) is 122 cm³/mol. The van der Waals surface area contributed by atoms with Crippen molar-refractivity contribution < 1.29 is 0 Å². The van der Waals surface area contributed by atoms with Crippen LogP contribution in [0.3, 0.4) is 0 Å². The van der Waals surface area contributed by atoms with E-state index in [1.165, 1.54) is 44.4 Å². The van der Waals surface area contributed by atoms with Gasteiger partial charge < -0.3 is 10.5 Å². The Hall–Kier alpha value is -3.46. The summed E-state index contributed by atoms with van der Waals surface area (Å²) in [7, 11) is 0. The number of benzene rings is 4. The van der Waals surface area contributed by atoms with Gasteiger partial charge in [-0.25, -0.2) is 0 Å². The lowest BCUT2D eigenvalue weighted by molar-refractivity contribution is 1.45. The first kappa shape index (κ1) is 16.7. The molecule has 0 bridgehead atoms. The fourth-order valence-corrected chi connectivity index (χ4v) is 3.91. The molecule has 28 heavy (non-hydrogen) atoms. The molecule has 0 radical (unpaired) electrons. The van der Waals surface area contributed by atoms with Crippen molar-refractivity contribution in [2.75, 3.05) is 10.5 Å². The minimum Gasteiger partial charge on any atom is -0.405 e. The van der Waals surface area contributed by atoms with E-state index in [1.807, 2.05) is 0 Å². The van der Waals surface area contributed by atoms with Gasteiger partial charge in [0.15, 0.2) is 0 Å². The summed E-state index contributed by atoms with van der Waals surface area (Å²) in [6.45, 7) is 2.13. The largest absolute Gasteiger partial charge is 0.405 e. The van der Waals surface area contributed by atoms with E-state index in [-0.39, 0.29) is 6.98 Å². The Morgan fingerprint density at radius 1 is 0.679 bits per heavy atom. The molecule has 134 valence electrons. The van der Waals surface area contributed by atoms with Crippen molar-refractivity contribution in [3.63, 3.8) is 0 Å². The van der Waals surface area contributed by atoms with Crippen LogP contribution in [0.25, 0.3) is 16.3 Å². The molecule has 0 atom stereocenters. The van der Waals surface area contributed by atoms with E-state index in [1.54, 1.807) is 0 Å². The second-order valence-corrected chi connectivity index (χ2v) is 7.29. The third-order valence-electron chi connectivity index (χ3n) is 5.31. The van der Waals surface area contributed by atoms with Crippen molar-refractivity contribution in [1.82, 2.24) is 0 Å². The van der Waals surface area contributed by atoms with Gasteiger partial charge in [0.25, 0.3) is 0 Å². The Kier molecular flexibility index (Phi) is 4.14. The molecule has 1 heterocycles. The van der Waals surface area contributed by atoms with Crippen LogP contribution >= 0.6 is 0 Å². The van der Waals surface area contributed by atoms with Crippen molar-refractivity contribution in [1.29, 1.82) is 0 Å². The SMILES string of the molecule is Cc1ccc(/C(=C/B2Nc3cccc4cccc(c34)N2)c2ccccc2)cc1. The zero-order valence-electron chi connectivity index (χ0n) is 15.8. The highest BCUT2D eigenvalue weighted by Gasteiger charge is 2.22. The Balaban J connectivity index is 1.59. The Morgan fingerprint density at radius 3 is 1.93 bits per heavy atom. The van der Waals surface area contributed by atoms with E-state index in [0.717, 1.165) is 0 Å². The van der Waals surface area contributed by atoms with Crippen molar-refractivity contribution in [3.05, 3.63) is 114 Å². The molecule has 2 N–H and O–H groups in total. The van der Waals surface area contributed by atoms with Crippen LogP contribution in [-0.4, -0.2) is 6.98 Å². The highest BCUT2D eigenvalue weighted by molar-refractivity contribution is 6.73. The van der Waals surface area contributed by atoms with Crippen LogP contribution < -0.4 is 10.5 Å². The lowest BCUT2D eigenvalue weighted by Crippen LogP contribution is -2.35. The van der Waals surface area contributed by atoms with Gasteiger partial charge >= 0.3 is 6.98 Å². The zero-order chi connectivity index (χ0) is 18.9. The molecule has 1 aliphatic rings. The molecule has 0 saturated heterocycles. The summed E-state index contributed by atoms with van der Waals surface area (Å²) in [4.78, 5) is 0. The number of anilines is 2. The van der Waals surface area contributed by atoms with E-state index in [2.05, 4.69) is 114 Å². The summed E-state index contributed by atoms with van der Waals surface area (Å²) in [5.74, 6) is 2.29. The van der Waals surface area contributed by atoms with E-state index < -0.39 is 0 Å². The number of hydrogen-bond acceptors (Lipinski definition) is 2. The standard InChI is InChI=1S/C25H21BN2/c1-18-13-15-20(16-14-18)22(19-7-3-2-4-8-19)17-26-27-23-11-5-9-21-10-6-12-24(28-26)25(21)23/h2-17,27-28H,1H3/b22-17+. The third kappa shape index (κ3) is 3.05. The minimum absolute atomic E-state index is 0.0111. The Morgan fingerprint density at radius 2 is 1.29 bits per heavy atom. The second kappa shape index (κ2) is 6.93. The monoisotopic (exact) mass is 360 g/mol. The molecule has 3 heteroatoms. The summed E-state index contributed by atoms with van der Waals surface area (Å²) in [6, 6.07) is 32.2. The van der Waals surface area contributed by atoms with Gasteiger partial charge in [0, 0.05) is 16.8 Å². The highest BCUT2D eigenvalue weighted by atomic mass is 15.0. The average molecular weight is 360 g/mol. The average Bonchev–Trinajstić information content (AvgIpc) is 2.74. The molecule has 0 fully saturated rings. The molecular weight excluding hydrogens is 339 g/mol. The normalized spacial score (nSPS) is 13.2. The minimum atomic E-state index is 0.0111. The van der Waals surface area contributed by atoms with Gasteiger partial charge in [-0.2, -0.15) is 0 Å². The molecule has 5 rings (SSSR count). The molecule has 4 aromatic carbocycles. The van der Waals surface area contributed by atoms with Crippen molar-refractivity contribution in [2.24, 2.45) is 0 Å². The van der Waals surface area contributed by atoms with Crippen LogP contribution in [0.4, 0.5) is 11.4 Å². The molecule has 0 amide bonds. The lowest BCUT2D eigenvalue weighted by atomic mass is 9.70. The van der Waals surface area contributed by atoms with Gasteiger partial charge in [0.05, 0.1) is 0 Å². The fraction of sp³-hybridized carbons (Fsp3) is 0.0400. The second-order valence-electron chi connectivity index (χ2n) is 7.29. The maximum Gasteiger partial charge on any atom is 0.399 e. The van der Waals surface area contributed by atoms with Gasteiger partial charge in [-0.05, 0) is 41.1 Å². The van der Waals surface area contributed by atoms with Crippen molar-refractivity contribution in [2.45, 2.75) is 6.92 Å². The third-order valence-corrected chi connectivity index (χ3v) is 5.31. The highest BCUT2D eigenvalue weighted by Crippen LogP contribution is 2.35. The molecule has 0 spiro atoms. The summed E-state index contributed by atoms with van der Waals surface area (Å²) >= 11 is 0. The van der Waals surface area contributed by atoms with Crippen molar-refractivity contribution in [3.8, 4) is 0 Å². The van der Waals surface area contributed by atoms with Gasteiger partial charge in [-0.15, -0.1) is 0 Å². The number of hydrogen-bond donors (Lipinski definition) is 2. The summed E-state index contributed by atoms with van der Waals surface area (Å²) in [6.07, 6.45) is 0. The summed E-state index contributed by atoms with van der Waals surface area (Å²) in [5.41, 5.74) is 7.26.